The molecule has 192 valence electrons. The van der Waals surface area contributed by atoms with Crippen LogP contribution in [-0.4, -0.2) is 61.3 Å². The van der Waals surface area contributed by atoms with Gasteiger partial charge in [0.25, 0.3) is 5.91 Å². The number of carbonyl (C=O) groups is 1. The van der Waals surface area contributed by atoms with Crippen LogP contribution < -0.4 is 10.7 Å². The molecule has 3 aromatic rings. The quantitative estimate of drug-likeness (QED) is 0.378. The standard InChI is InChI=1S/C27H34N4O4S/c1-5-16-30-20-24(27(33)28-15-17-29(4)19-21-11-9-8-10-12-21)26(32)23-18-22(13-14-25(23)30)36(34,35)31(6-2)7-3/h5,8-14,18,20H,1,6-7,15-17,19H2,2-4H3,(H,28,33). The molecule has 0 aliphatic heterocycles. The second-order valence-corrected chi connectivity index (χ2v) is 10.5. The van der Waals surface area contributed by atoms with Crippen molar-refractivity contribution in [2.75, 3.05) is 33.2 Å². The summed E-state index contributed by atoms with van der Waals surface area (Å²) in [5.74, 6) is -0.496. The molecule has 36 heavy (non-hydrogen) atoms. The predicted octanol–water partition coefficient (Wildman–Crippen LogP) is 3.08. The SMILES string of the molecule is C=CCn1cc(C(=O)NCCN(C)Cc2ccccc2)c(=O)c2cc(S(=O)(=O)N(CC)CC)ccc21. The number of nitrogens with one attached hydrogen (secondary N) is 1. The van der Waals surface area contributed by atoms with Gasteiger partial charge in [0.05, 0.1) is 10.4 Å². The van der Waals surface area contributed by atoms with Gasteiger partial charge in [-0.3, -0.25) is 9.59 Å². The fourth-order valence-electron chi connectivity index (χ4n) is 4.13. The Morgan fingerprint density at radius 2 is 1.81 bits per heavy atom. The van der Waals surface area contributed by atoms with Crippen LogP contribution in [0.2, 0.25) is 0 Å². The number of likely N-dealkylation sites (N-methyl/N-ethyl adjacent to an activating group) is 1. The van der Waals surface area contributed by atoms with Crippen LogP contribution in [0.15, 0.2) is 77.1 Å². The number of rotatable bonds is 12. The molecule has 0 saturated carbocycles. The predicted molar refractivity (Wildman–Crippen MR) is 144 cm³/mol. The first-order valence-electron chi connectivity index (χ1n) is 12.0. The maximum absolute atomic E-state index is 13.3. The number of hydrogen-bond donors (Lipinski definition) is 1. The summed E-state index contributed by atoms with van der Waals surface area (Å²) in [6.07, 6.45) is 3.17. The average Bonchev–Trinajstić information content (AvgIpc) is 2.86. The highest BCUT2D eigenvalue weighted by molar-refractivity contribution is 7.89. The fraction of sp³-hybridized carbons (Fsp3) is 0.333. The van der Waals surface area contributed by atoms with E-state index in [0.29, 0.717) is 38.2 Å². The number of benzene rings is 2. The van der Waals surface area contributed by atoms with Gasteiger partial charge in [0, 0.05) is 50.9 Å². The number of nitrogens with zero attached hydrogens (tertiary/aromatic N) is 3. The summed E-state index contributed by atoms with van der Waals surface area (Å²) in [5.41, 5.74) is 1.17. The Balaban J connectivity index is 1.87. The lowest BCUT2D eigenvalue weighted by atomic mass is 10.1. The van der Waals surface area contributed by atoms with Crippen LogP contribution in [0, 0.1) is 0 Å². The zero-order chi connectivity index (χ0) is 26.3. The number of allylic oxidation sites excluding steroid dienone is 1. The molecule has 0 aliphatic carbocycles. The highest BCUT2D eigenvalue weighted by atomic mass is 32.2. The summed E-state index contributed by atoms with van der Waals surface area (Å²) in [5, 5.41) is 3.01. The van der Waals surface area contributed by atoms with E-state index in [9.17, 15) is 18.0 Å². The van der Waals surface area contributed by atoms with Gasteiger partial charge in [0.15, 0.2) is 0 Å². The van der Waals surface area contributed by atoms with Gasteiger partial charge in [0.2, 0.25) is 15.5 Å². The molecule has 9 heteroatoms. The minimum absolute atomic E-state index is 0.0287. The Morgan fingerprint density at radius 3 is 2.44 bits per heavy atom. The molecule has 1 aromatic heterocycles. The third kappa shape index (κ3) is 6.10. The summed E-state index contributed by atoms with van der Waals surface area (Å²) in [6, 6.07) is 14.5. The van der Waals surface area contributed by atoms with E-state index in [-0.39, 0.29) is 15.8 Å². The van der Waals surface area contributed by atoms with E-state index < -0.39 is 21.4 Å². The molecular weight excluding hydrogens is 476 g/mol. The minimum Gasteiger partial charge on any atom is -0.351 e. The molecule has 1 heterocycles. The number of fused-ring (bicyclic) bond motifs is 1. The number of hydrogen-bond acceptors (Lipinski definition) is 5. The molecule has 1 N–H and O–H groups in total. The number of pyridine rings is 1. The van der Waals surface area contributed by atoms with Gasteiger partial charge >= 0.3 is 0 Å². The zero-order valence-corrected chi connectivity index (χ0v) is 21.9. The van der Waals surface area contributed by atoms with Gasteiger partial charge in [-0.25, -0.2) is 8.42 Å². The van der Waals surface area contributed by atoms with E-state index in [2.05, 4.69) is 16.8 Å². The Hall–Kier alpha value is -3.27. The number of aromatic nitrogens is 1. The first-order chi connectivity index (χ1) is 17.2. The zero-order valence-electron chi connectivity index (χ0n) is 21.1. The monoisotopic (exact) mass is 510 g/mol. The van der Waals surface area contributed by atoms with Crippen molar-refractivity contribution in [1.29, 1.82) is 0 Å². The molecule has 1 amide bonds. The third-order valence-electron chi connectivity index (χ3n) is 6.04. The van der Waals surface area contributed by atoms with Crippen LogP contribution in [0.4, 0.5) is 0 Å². The molecular formula is C27H34N4O4S. The van der Waals surface area contributed by atoms with Crippen LogP contribution in [-0.2, 0) is 23.1 Å². The van der Waals surface area contributed by atoms with Crippen LogP contribution in [0.5, 0.6) is 0 Å². The topological polar surface area (TPSA) is 91.7 Å². The Bertz CT molecular complexity index is 1380. The lowest BCUT2D eigenvalue weighted by Crippen LogP contribution is -2.35. The minimum atomic E-state index is -3.76. The van der Waals surface area contributed by atoms with E-state index >= 15 is 0 Å². The number of sulfonamides is 1. The summed E-state index contributed by atoms with van der Waals surface area (Å²) in [7, 11) is -1.80. The Kier molecular flexibility index (Phi) is 9.19. The summed E-state index contributed by atoms with van der Waals surface area (Å²) < 4.78 is 29.1. The molecule has 0 atom stereocenters. The molecule has 0 fully saturated rings. The van der Waals surface area contributed by atoms with Crippen molar-refractivity contribution in [3.63, 3.8) is 0 Å². The van der Waals surface area contributed by atoms with Crippen molar-refractivity contribution >= 4 is 26.8 Å². The first-order valence-corrected chi connectivity index (χ1v) is 13.5. The van der Waals surface area contributed by atoms with Crippen LogP contribution in [0.3, 0.4) is 0 Å². The smallest absolute Gasteiger partial charge is 0.256 e. The van der Waals surface area contributed by atoms with E-state index in [0.717, 1.165) is 6.54 Å². The molecule has 8 nitrogen and oxygen atoms in total. The molecule has 0 bridgehead atoms. The average molecular weight is 511 g/mol. The van der Waals surface area contributed by atoms with Gasteiger partial charge < -0.3 is 14.8 Å². The lowest BCUT2D eigenvalue weighted by molar-refractivity contribution is 0.0948. The summed E-state index contributed by atoms with van der Waals surface area (Å²) >= 11 is 0. The molecule has 3 rings (SSSR count). The second-order valence-electron chi connectivity index (χ2n) is 8.56. The van der Waals surface area contributed by atoms with Crippen molar-refractivity contribution in [2.45, 2.75) is 31.8 Å². The molecule has 0 unspecified atom stereocenters. The van der Waals surface area contributed by atoms with Gasteiger partial charge in [-0.1, -0.05) is 50.3 Å². The molecule has 0 radical (unpaired) electrons. The maximum Gasteiger partial charge on any atom is 0.256 e. The van der Waals surface area contributed by atoms with Gasteiger partial charge in [-0.2, -0.15) is 4.31 Å². The van der Waals surface area contributed by atoms with E-state index in [4.69, 9.17) is 0 Å². The van der Waals surface area contributed by atoms with Crippen LogP contribution in [0.25, 0.3) is 10.9 Å². The second kappa shape index (κ2) is 12.1. The largest absolute Gasteiger partial charge is 0.351 e. The van der Waals surface area contributed by atoms with Crippen LogP contribution >= 0.6 is 0 Å². The highest BCUT2D eigenvalue weighted by Gasteiger charge is 2.23. The van der Waals surface area contributed by atoms with Gasteiger partial charge in [-0.15, -0.1) is 6.58 Å². The van der Waals surface area contributed by atoms with E-state index in [1.807, 2.05) is 37.4 Å². The van der Waals surface area contributed by atoms with E-state index in [1.165, 1.54) is 28.2 Å². The Morgan fingerprint density at radius 1 is 1.11 bits per heavy atom. The maximum atomic E-state index is 13.3. The van der Waals surface area contributed by atoms with Gasteiger partial charge in [0.1, 0.15) is 5.56 Å². The normalized spacial score (nSPS) is 11.8. The van der Waals surface area contributed by atoms with Crippen molar-refractivity contribution in [2.24, 2.45) is 0 Å². The van der Waals surface area contributed by atoms with Crippen molar-refractivity contribution in [3.8, 4) is 0 Å². The lowest BCUT2D eigenvalue weighted by Gasteiger charge is -2.19. The molecule has 0 saturated heterocycles. The molecule has 0 aliphatic rings. The fourth-order valence-corrected chi connectivity index (χ4v) is 5.62. The summed E-state index contributed by atoms with van der Waals surface area (Å²) in [6.45, 7) is 9.98. The number of amides is 1. The third-order valence-corrected chi connectivity index (χ3v) is 8.09. The van der Waals surface area contributed by atoms with Crippen LogP contribution in [0.1, 0.15) is 29.8 Å². The highest BCUT2D eigenvalue weighted by Crippen LogP contribution is 2.21. The molecule has 0 spiro atoms. The van der Waals surface area contributed by atoms with Gasteiger partial charge in [-0.05, 0) is 30.8 Å². The van der Waals surface area contributed by atoms with E-state index in [1.54, 1.807) is 30.6 Å². The number of carbonyl (C=O) groups excluding carboxylic acids is 1. The molecule has 2 aromatic carbocycles. The Labute approximate surface area is 212 Å². The van der Waals surface area contributed by atoms with Crippen molar-refractivity contribution in [1.82, 2.24) is 19.1 Å². The van der Waals surface area contributed by atoms with Crippen molar-refractivity contribution < 1.29 is 13.2 Å². The van der Waals surface area contributed by atoms with Crippen molar-refractivity contribution in [3.05, 3.63) is 88.7 Å². The first kappa shape index (κ1) is 27.3. The summed E-state index contributed by atoms with van der Waals surface area (Å²) in [4.78, 5) is 28.4.